The van der Waals surface area contributed by atoms with E-state index in [0.29, 0.717) is 17.9 Å². The number of hydrazine groups is 1. The van der Waals surface area contributed by atoms with Gasteiger partial charge in [-0.15, -0.1) is 0 Å². The first-order valence-electron chi connectivity index (χ1n) is 9.16. The number of nitrogens with one attached hydrogen (secondary N) is 3. The van der Waals surface area contributed by atoms with E-state index in [4.69, 9.17) is 17.0 Å². The second kappa shape index (κ2) is 9.66. The molecule has 3 N–H and O–H groups in total. The van der Waals surface area contributed by atoms with Gasteiger partial charge in [-0.2, -0.15) is 0 Å². The number of hydrogen-bond donors (Lipinski definition) is 3. The molecule has 6 nitrogen and oxygen atoms in total. The van der Waals surface area contributed by atoms with Gasteiger partial charge in [0.25, 0.3) is 5.91 Å². The van der Waals surface area contributed by atoms with Gasteiger partial charge in [-0.05, 0) is 53.7 Å². The summed E-state index contributed by atoms with van der Waals surface area (Å²) in [6.45, 7) is 2.38. The summed E-state index contributed by atoms with van der Waals surface area (Å²) in [6.07, 6.45) is 0.182. The molecule has 0 aliphatic rings. The molecule has 0 saturated carbocycles. The second-order valence-electron chi connectivity index (χ2n) is 6.23. The third-order valence-electron chi connectivity index (χ3n) is 4.18. The summed E-state index contributed by atoms with van der Waals surface area (Å²) in [7, 11) is 0. The van der Waals surface area contributed by atoms with Crippen LogP contribution in [0.4, 0.5) is 0 Å². The van der Waals surface area contributed by atoms with E-state index in [-0.39, 0.29) is 17.4 Å². The van der Waals surface area contributed by atoms with Crippen molar-refractivity contribution in [1.82, 2.24) is 16.2 Å². The first-order chi connectivity index (χ1) is 14.1. The Kier molecular flexibility index (Phi) is 6.76. The zero-order valence-corrected chi connectivity index (χ0v) is 16.7. The predicted octanol–water partition coefficient (Wildman–Crippen LogP) is 3.12. The maximum Gasteiger partial charge on any atom is 0.257 e. The molecule has 0 radical (unpaired) electrons. The van der Waals surface area contributed by atoms with Crippen LogP contribution in [0.25, 0.3) is 10.8 Å². The Balaban J connectivity index is 1.53. The Morgan fingerprint density at radius 2 is 1.72 bits per heavy atom. The van der Waals surface area contributed by atoms with Crippen molar-refractivity contribution in [1.29, 1.82) is 0 Å². The molecule has 0 saturated heterocycles. The van der Waals surface area contributed by atoms with Crippen molar-refractivity contribution in [2.75, 3.05) is 6.61 Å². The average molecular weight is 407 g/mol. The van der Waals surface area contributed by atoms with Crippen LogP contribution >= 0.6 is 12.2 Å². The minimum absolute atomic E-state index is 0.00285. The number of rotatable bonds is 5. The SMILES string of the molecule is CCOc1cccc(C(=O)NC(=S)NNC(=O)Cc2cccc3ccccc23)c1. The third-order valence-corrected chi connectivity index (χ3v) is 4.38. The van der Waals surface area contributed by atoms with Gasteiger partial charge < -0.3 is 4.74 Å². The first kappa shape index (κ1) is 20.3. The van der Waals surface area contributed by atoms with Crippen molar-refractivity contribution < 1.29 is 14.3 Å². The van der Waals surface area contributed by atoms with Gasteiger partial charge in [0.15, 0.2) is 5.11 Å². The van der Waals surface area contributed by atoms with Crippen LogP contribution in [0, 0.1) is 0 Å². The molecule has 3 aromatic rings. The summed E-state index contributed by atoms with van der Waals surface area (Å²) in [5.74, 6) is -0.0638. The summed E-state index contributed by atoms with van der Waals surface area (Å²) in [4.78, 5) is 24.6. The molecule has 3 rings (SSSR count). The minimum Gasteiger partial charge on any atom is -0.494 e. The van der Waals surface area contributed by atoms with Crippen LogP contribution in [0.3, 0.4) is 0 Å². The van der Waals surface area contributed by atoms with Crippen LogP contribution < -0.4 is 20.9 Å². The van der Waals surface area contributed by atoms with E-state index in [2.05, 4.69) is 16.2 Å². The zero-order valence-electron chi connectivity index (χ0n) is 15.9. The molecule has 0 fully saturated rings. The number of ether oxygens (including phenoxy) is 1. The molecule has 0 heterocycles. The highest BCUT2D eigenvalue weighted by Crippen LogP contribution is 2.18. The van der Waals surface area contributed by atoms with Gasteiger partial charge in [0, 0.05) is 5.56 Å². The second-order valence-corrected chi connectivity index (χ2v) is 6.64. The standard InChI is InChI=1S/C22H21N3O3S/c1-2-28-18-11-6-10-17(13-18)21(27)23-22(29)25-24-20(26)14-16-9-5-8-15-7-3-4-12-19(15)16/h3-13H,2,14H2,1H3,(H,24,26)(H2,23,25,27,29). The molecule has 2 amide bonds. The normalized spacial score (nSPS) is 10.2. The van der Waals surface area contributed by atoms with E-state index in [1.54, 1.807) is 24.3 Å². The summed E-state index contributed by atoms with van der Waals surface area (Å²) in [6, 6.07) is 20.5. The molecule has 148 valence electrons. The fourth-order valence-corrected chi connectivity index (χ4v) is 3.03. The Bertz CT molecular complexity index is 1050. The van der Waals surface area contributed by atoms with Crippen LogP contribution in [-0.2, 0) is 11.2 Å². The Hall–Kier alpha value is -3.45. The van der Waals surface area contributed by atoms with Crippen LogP contribution in [0.5, 0.6) is 5.75 Å². The van der Waals surface area contributed by atoms with Crippen molar-refractivity contribution >= 4 is 39.9 Å². The predicted molar refractivity (Wildman–Crippen MR) is 117 cm³/mol. The van der Waals surface area contributed by atoms with Crippen molar-refractivity contribution in [3.05, 3.63) is 77.9 Å². The molecule has 0 bridgehead atoms. The smallest absolute Gasteiger partial charge is 0.257 e. The molecule has 7 heteroatoms. The number of benzene rings is 3. The summed E-state index contributed by atoms with van der Waals surface area (Å²) in [5.41, 5.74) is 6.39. The molecular weight excluding hydrogens is 386 g/mol. The molecule has 0 spiro atoms. The zero-order chi connectivity index (χ0) is 20.6. The highest BCUT2D eigenvalue weighted by molar-refractivity contribution is 7.80. The highest BCUT2D eigenvalue weighted by Gasteiger charge is 2.11. The number of thiocarbonyl (C=S) groups is 1. The Morgan fingerprint density at radius 3 is 2.55 bits per heavy atom. The fraction of sp³-hybridized carbons (Fsp3) is 0.136. The Morgan fingerprint density at radius 1 is 0.966 bits per heavy atom. The molecular formula is C22H21N3O3S. The molecule has 29 heavy (non-hydrogen) atoms. The summed E-state index contributed by atoms with van der Waals surface area (Å²) < 4.78 is 5.38. The lowest BCUT2D eigenvalue weighted by molar-refractivity contribution is -0.121. The Labute approximate surface area is 174 Å². The van der Waals surface area contributed by atoms with Gasteiger partial charge in [-0.3, -0.25) is 25.8 Å². The molecule has 0 unspecified atom stereocenters. The minimum atomic E-state index is -0.396. The largest absolute Gasteiger partial charge is 0.494 e. The van der Waals surface area contributed by atoms with E-state index in [9.17, 15) is 9.59 Å². The lowest BCUT2D eigenvalue weighted by Crippen LogP contribution is -2.48. The molecule has 0 aliphatic heterocycles. The van der Waals surface area contributed by atoms with Gasteiger partial charge in [-0.1, -0.05) is 48.5 Å². The van der Waals surface area contributed by atoms with Crippen LogP contribution in [0.15, 0.2) is 66.7 Å². The topological polar surface area (TPSA) is 79.5 Å². The van der Waals surface area contributed by atoms with Gasteiger partial charge in [0.1, 0.15) is 5.75 Å². The highest BCUT2D eigenvalue weighted by atomic mass is 32.1. The lowest BCUT2D eigenvalue weighted by atomic mass is 10.0. The number of amides is 2. The van der Waals surface area contributed by atoms with Gasteiger partial charge in [0.2, 0.25) is 5.91 Å². The van der Waals surface area contributed by atoms with Gasteiger partial charge in [-0.25, -0.2) is 0 Å². The van der Waals surface area contributed by atoms with E-state index in [1.165, 1.54) is 0 Å². The van der Waals surface area contributed by atoms with E-state index < -0.39 is 5.91 Å². The van der Waals surface area contributed by atoms with Crippen molar-refractivity contribution in [2.24, 2.45) is 0 Å². The van der Waals surface area contributed by atoms with Crippen LogP contribution in [-0.4, -0.2) is 23.5 Å². The van der Waals surface area contributed by atoms with Crippen LogP contribution in [0.1, 0.15) is 22.8 Å². The number of fused-ring (bicyclic) bond motifs is 1. The monoisotopic (exact) mass is 407 g/mol. The summed E-state index contributed by atoms with van der Waals surface area (Å²) in [5, 5.41) is 4.62. The van der Waals surface area contributed by atoms with Crippen LogP contribution in [0.2, 0.25) is 0 Å². The van der Waals surface area contributed by atoms with Crippen molar-refractivity contribution in [3.63, 3.8) is 0 Å². The van der Waals surface area contributed by atoms with E-state index in [0.717, 1.165) is 16.3 Å². The van der Waals surface area contributed by atoms with E-state index in [1.807, 2.05) is 49.4 Å². The van der Waals surface area contributed by atoms with E-state index >= 15 is 0 Å². The number of carbonyl (C=O) groups excluding carboxylic acids is 2. The van der Waals surface area contributed by atoms with Gasteiger partial charge in [0.05, 0.1) is 13.0 Å². The van der Waals surface area contributed by atoms with Gasteiger partial charge >= 0.3 is 0 Å². The number of hydrogen-bond acceptors (Lipinski definition) is 4. The maximum absolute atomic E-state index is 12.3. The molecule has 0 aromatic heterocycles. The third kappa shape index (κ3) is 5.52. The maximum atomic E-state index is 12.3. The first-order valence-corrected chi connectivity index (χ1v) is 9.57. The molecule has 3 aromatic carbocycles. The van der Waals surface area contributed by atoms with Crippen molar-refractivity contribution in [2.45, 2.75) is 13.3 Å². The molecule has 0 aliphatic carbocycles. The fourth-order valence-electron chi connectivity index (χ4n) is 2.89. The quantitative estimate of drug-likeness (QED) is 0.447. The average Bonchev–Trinajstić information content (AvgIpc) is 2.73. The number of carbonyl (C=O) groups is 2. The summed E-state index contributed by atoms with van der Waals surface area (Å²) >= 11 is 5.09. The van der Waals surface area contributed by atoms with Crippen molar-refractivity contribution in [3.8, 4) is 5.75 Å². The molecule has 0 atom stereocenters. The lowest BCUT2D eigenvalue weighted by Gasteiger charge is -2.12.